The van der Waals surface area contributed by atoms with Gasteiger partial charge >= 0.3 is 0 Å². The third kappa shape index (κ3) is 2.26. The Balaban J connectivity index is 1.86. The van der Waals surface area contributed by atoms with Crippen LogP contribution in [0.4, 0.5) is 0 Å². The highest BCUT2D eigenvalue weighted by Crippen LogP contribution is 2.31. The maximum Gasteiger partial charge on any atom is 0.0706 e. The number of hydrogen-bond donors (Lipinski definition) is 0. The molecule has 2 aromatic rings. The molecule has 1 aromatic heterocycles. The number of para-hydroxylation sites is 1. The Kier molecular flexibility index (Phi) is 3.29. The van der Waals surface area contributed by atoms with Crippen molar-refractivity contribution in [3.63, 3.8) is 0 Å². The Bertz CT molecular complexity index is 546. The summed E-state index contributed by atoms with van der Waals surface area (Å²) in [6.45, 7) is 0. The minimum atomic E-state index is 0.374. The number of fused-ring (bicyclic) bond motifs is 1. The van der Waals surface area contributed by atoms with Crippen LogP contribution >= 0.6 is 11.6 Å². The second-order valence-electron chi connectivity index (χ2n) is 5.42. The van der Waals surface area contributed by atoms with E-state index < -0.39 is 0 Å². The summed E-state index contributed by atoms with van der Waals surface area (Å²) in [7, 11) is 2.02. The molecule has 1 aliphatic carbocycles. The van der Waals surface area contributed by atoms with Gasteiger partial charge in [0.25, 0.3) is 0 Å². The van der Waals surface area contributed by atoms with Crippen LogP contribution in [-0.2, 0) is 13.5 Å². The number of nitrogens with zero attached hydrogens (tertiary/aromatic N) is 2. The Morgan fingerprint density at radius 3 is 3.00 bits per heavy atom. The van der Waals surface area contributed by atoms with Gasteiger partial charge in [-0.15, -0.1) is 11.6 Å². The molecule has 0 aliphatic heterocycles. The van der Waals surface area contributed by atoms with Gasteiger partial charge in [0.2, 0.25) is 0 Å². The van der Waals surface area contributed by atoms with Gasteiger partial charge in [-0.2, -0.15) is 5.10 Å². The van der Waals surface area contributed by atoms with Crippen LogP contribution in [0, 0.1) is 5.92 Å². The molecule has 2 nitrogen and oxygen atoms in total. The smallest absolute Gasteiger partial charge is 0.0706 e. The van der Waals surface area contributed by atoms with Gasteiger partial charge in [0.1, 0.15) is 0 Å². The average molecular weight is 263 g/mol. The summed E-state index contributed by atoms with van der Waals surface area (Å²) in [5.74, 6) is 0.708. The van der Waals surface area contributed by atoms with Crippen molar-refractivity contribution >= 4 is 22.5 Å². The maximum absolute atomic E-state index is 6.28. The molecule has 1 fully saturated rings. The van der Waals surface area contributed by atoms with Crippen molar-refractivity contribution in [2.75, 3.05) is 0 Å². The number of halogens is 1. The largest absolute Gasteiger partial charge is 0.268 e. The van der Waals surface area contributed by atoms with Gasteiger partial charge in [0.05, 0.1) is 11.2 Å². The van der Waals surface area contributed by atoms with E-state index in [1.54, 1.807) is 0 Å². The predicted molar refractivity (Wildman–Crippen MR) is 76.0 cm³/mol. The zero-order chi connectivity index (χ0) is 12.5. The van der Waals surface area contributed by atoms with Gasteiger partial charge in [-0.25, -0.2) is 0 Å². The number of rotatable bonds is 2. The van der Waals surface area contributed by atoms with Crippen molar-refractivity contribution in [2.24, 2.45) is 13.0 Å². The molecule has 0 bridgehead atoms. The molecule has 1 aliphatic rings. The van der Waals surface area contributed by atoms with Crippen LogP contribution in [0.1, 0.15) is 31.4 Å². The van der Waals surface area contributed by atoms with Crippen LogP contribution in [0.2, 0.25) is 0 Å². The highest BCUT2D eigenvalue weighted by atomic mass is 35.5. The van der Waals surface area contributed by atoms with E-state index in [2.05, 4.69) is 29.4 Å². The molecule has 3 rings (SSSR count). The van der Waals surface area contributed by atoms with Crippen LogP contribution in [0.3, 0.4) is 0 Å². The second kappa shape index (κ2) is 4.93. The van der Waals surface area contributed by atoms with E-state index in [-0.39, 0.29) is 0 Å². The SMILES string of the molecule is Cn1nc(CC2CCCC(Cl)C2)c2ccccc21. The fourth-order valence-corrected chi connectivity index (χ4v) is 3.53. The Hall–Kier alpha value is -1.02. The molecule has 3 heteroatoms. The first-order valence-corrected chi connectivity index (χ1v) is 7.22. The van der Waals surface area contributed by atoms with Crippen molar-refractivity contribution in [3.05, 3.63) is 30.0 Å². The normalized spacial score (nSPS) is 24.6. The van der Waals surface area contributed by atoms with Gasteiger partial charge in [-0.3, -0.25) is 4.68 Å². The van der Waals surface area contributed by atoms with Gasteiger partial charge in [-0.1, -0.05) is 24.6 Å². The van der Waals surface area contributed by atoms with Crippen molar-refractivity contribution < 1.29 is 0 Å². The fraction of sp³-hybridized carbons (Fsp3) is 0.533. The van der Waals surface area contributed by atoms with Gasteiger partial charge in [0.15, 0.2) is 0 Å². The van der Waals surface area contributed by atoms with Crippen molar-refractivity contribution in [3.8, 4) is 0 Å². The molecule has 0 saturated heterocycles. The van der Waals surface area contributed by atoms with Crippen molar-refractivity contribution in [1.82, 2.24) is 9.78 Å². The zero-order valence-corrected chi connectivity index (χ0v) is 11.5. The standard InChI is InChI=1S/C15H19ClN2/c1-18-15-8-3-2-7-13(15)14(17-18)10-11-5-4-6-12(16)9-11/h2-3,7-8,11-12H,4-6,9-10H2,1H3. The molecule has 2 unspecified atom stereocenters. The van der Waals surface area contributed by atoms with E-state index in [1.165, 1.54) is 35.9 Å². The molecule has 2 atom stereocenters. The van der Waals surface area contributed by atoms with Crippen LogP contribution < -0.4 is 0 Å². The topological polar surface area (TPSA) is 17.8 Å². The number of aromatic nitrogens is 2. The molecule has 96 valence electrons. The lowest BCUT2D eigenvalue weighted by Gasteiger charge is -2.24. The van der Waals surface area contributed by atoms with E-state index in [0.717, 1.165) is 12.8 Å². The Labute approximate surface area is 113 Å². The molecule has 1 saturated carbocycles. The molecule has 0 radical (unpaired) electrons. The van der Waals surface area contributed by atoms with E-state index >= 15 is 0 Å². The zero-order valence-electron chi connectivity index (χ0n) is 10.8. The third-order valence-corrected chi connectivity index (χ3v) is 4.43. The summed E-state index contributed by atoms with van der Waals surface area (Å²) in [5.41, 5.74) is 2.47. The van der Waals surface area contributed by atoms with Crippen LogP contribution in [0.15, 0.2) is 24.3 Å². The first-order valence-electron chi connectivity index (χ1n) is 6.78. The Morgan fingerprint density at radius 2 is 2.17 bits per heavy atom. The van der Waals surface area contributed by atoms with Crippen LogP contribution in [0.5, 0.6) is 0 Å². The average Bonchev–Trinajstić information content (AvgIpc) is 2.67. The monoisotopic (exact) mass is 262 g/mol. The van der Waals surface area contributed by atoms with E-state index in [4.69, 9.17) is 11.6 Å². The summed E-state index contributed by atoms with van der Waals surface area (Å²) in [6, 6.07) is 8.48. The quantitative estimate of drug-likeness (QED) is 0.751. The molecule has 18 heavy (non-hydrogen) atoms. The number of aryl methyl sites for hydroxylation is 1. The van der Waals surface area contributed by atoms with E-state index in [9.17, 15) is 0 Å². The molecule has 0 spiro atoms. The molecular weight excluding hydrogens is 244 g/mol. The molecule has 1 aromatic carbocycles. The summed E-state index contributed by atoms with van der Waals surface area (Å²) in [4.78, 5) is 0. The first kappa shape index (κ1) is 12.0. The molecule has 0 N–H and O–H groups in total. The lowest BCUT2D eigenvalue weighted by molar-refractivity contribution is 0.359. The second-order valence-corrected chi connectivity index (χ2v) is 6.04. The summed E-state index contributed by atoms with van der Waals surface area (Å²) in [5, 5.41) is 6.36. The van der Waals surface area contributed by atoms with E-state index in [1.807, 2.05) is 11.7 Å². The summed E-state index contributed by atoms with van der Waals surface area (Å²) < 4.78 is 1.99. The highest BCUT2D eigenvalue weighted by molar-refractivity contribution is 6.20. The number of hydrogen-bond acceptors (Lipinski definition) is 1. The number of alkyl halides is 1. The molecular formula is C15H19ClN2. The van der Waals surface area contributed by atoms with Crippen molar-refractivity contribution in [2.45, 2.75) is 37.5 Å². The summed E-state index contributed by atoms with van der Waals surface area (Å²) in [6.07, 6.45) is 5.97. The minimum absolute atomic E-state index is 0.374. The van der Waals surface area contributed by atoms with Gasteiger partial charge in [-0.05, 0) is 37.7 Å². The lowest BCUT2D eigenvalue weighted by atomic mass is 9.85. The van der Waals surface area contributed by atoms with Crippen LogP contribution in [0.25, 0.3) is 10.9 Å². The first-order chi connectivity index (χ1) is 8.74. The van der Waals surface area contributed by atoms with Gasteiger partial charge < -0.3 is 0 Å². The maximum atomic E-state index is 6.28. The third-order valence-electron chi connectivity index (χ3n) is 4.04. The predicted octanol–water partition coefficient (Wildman–Crippen LogP) is 3.91. The fourth-order valence-electron chi connectivity index (χ4n) is 3.12. The highest BCUT2D eigenvalue weighted by Gasteiger charge is 2.22. The minimum Gasteiger partial charge on any atom is -0.268 e. The molecule has 1 heterocycles. The van der Waals surface area contributed by atoms with Gasteiger partial charge in [0, 0.05) is 17.8 Å². The Morgan fingerprint density at radius 1 is 1.33 bits per heavy atom. The number of benzene rings is 1. The lowest BCUT2D eigenvalue weighted by Crippen LogP contribution is -2.17. The van der Waals surface area contributed by atoms with Crippen LogP contribution in [-0.4, -0.2) is 15.2 Å². The molecule has 0 amide bonds. The van der Waals surface area contributed by atoms with E-state index in [0.29, 0.717) is 11.3 Å². The van der Waals surface area contributed by atoms with Crippen molar-refractivity contribution in [1.29, 1.82) is 0 Å². The summed E-state index contributed by atoms with van der Waals surface area (Å²) >= 11 is 6.28.